The van der Waals surface area contributed by atoms with E-state index < -0.39 is 11.4 Å². The van der Waals surface area contributed by atoms with Gasteiger partial charge in [0.05, 0.1) is 24.2 Å². The zero-order chi connectivity index (χ0) is 33.0. The number of hydrogen-bond acceptors (Lipinski definition) is 7. The minimum absolute atomic E-state index is 0.0191. The van der Waals surface area contributed by atoms with Gasteiger partial charge in [0.2, 0.25) is 0 Å². The number of aliphatic carboxylic acids is 1. The molecule has 9 rings (SSSR count). The number of rotatable bonds is 12. The quantitative estimate of drug-likeness (QED) is 0.209. The van der Waals surface area contributed by atoms with Crippen LogP contribution in [0.15, 0.2) is 36.7 Å². The van der Waals surface area contributed by atoms with Crippen molar-refractivity contribution in [2.24, 2.45) is 17.9 Å². The molecule has 10 heteroatoms. The minimum atomic E-state index is -0.638. The summed E-state index contributed by atoms with van der Waals surface area (Å²) in [5.41, 5.74) is 4.01. The zero-order valence-corrected chi connectivity index (χ0v) is 28.4. The van der Waals surface area contributed by atoms with Gasteiger partial charge in [-0.2, -0.15) is 5.10 Å². The first-order valence-electron chi connectivity index (χ1n) is 18.4. The number of benzene rings is 1. The highest BCUT2D eigenvalue weighted by molar-refractivity contribution is 5.79. The number of aryl methyl sites for hydroxylation is 2. The summed E-state index contributed by atoms with van der Waals surface area (Å²) >= 11 is 0. The Balaban J connectivity index is 1.09. The Morgan fingerprint density at radius 1 is 1.10 bits per heavy atom. The molecule has 3 atom stereocenters. The van der Waals surface area contributed by atoms with Crippen molar-refractivity contribution in [3.63, 3.8) is 0 Å². The van der Waals surface area contributed by atoms with Crippen LogP contribution < -0.4 is 10.6 Å². The summed E-state index contributed by atoms with van der Waals surface area (Å²) < 4.78 is 16.2. The van der Waals surface area contributed by atoms with Crippen molar-refractivity contribution in [2.45, 2.75) is 127 Å². The predicted molar refractivity (Wildman–Crippen MR) is 182 cm³/mol. The summed E-state index contributed by atoms with van der Waals surface area (Å²) in [7, 11) is 1.98. The summed E-state index contributed by atoms with van der Waals surface area (Å²) in [5, 5.41) is 22.0. The van der Waals surface area contributed by atoms with E-state index in [1.807, 2.05) is 30.1 Å². The number of carboxylic acid groups (broad SMARTS) is 1. The number of carbonyl (C=O) groups is 1. The molecule has 9 nitrogen and oxygen atoms in total. The molecule has 3 N–H and O–H groups in total. The van der Waals surface area contributed by atoms with E-state index in [1.165, 1.54) is 44.6 Å². The van der Waals surface area contributed by atoms with Crippen LogP contribution in [0.2, 0.25) is 0 Å². The van der Waals surface area contributed by atoms with E-state index >= 15 is 0 Å². The Morgan fingerprint density at radius 3 is 2.50 bits per heavy atom. The van der Waals surface area contributed by atoms with Crippen molar-refractivity contribution in [1.82, 2.24) is 30.0 Å². The molecule has 4 bridgehead atoms. The van der Waals surface area contributed by atoms with Gasteiger partial charge in [-0.05, 0) is 99.7 Å². The average molecular weight is 656 g/mol. The monoisotopic (exact) mass is 655 g/mol. The lowest BCUT2D eigenvalue weighted by molar-refractivity contribution is -0.233. The van der Waals surface area contributed by atoms with Crippen LogP contribution >= 0.6 is 0 Å². The molecule has 0 unspecified atom stereocenters. The lowest BCUT2D eigenvalue weighted by atomic mass is 9.33. The molecular formula is C38H50FN7O2. The molecule has 2 aliphatic heterocycles. The molecular weight excluding hydrogens is 605 g/mol. The van der Waals surface area contributed by atoms with Crippen molar-refractivity contribution >= 4 is 11.8 Å². The number of hydrogen-bond donors (Lipinski definition) is 3. The second-order valence-corrected chi connectivity index (χ2v) is 15.7. The first-order chi connectivity index (χ1) is 23.2. The summed E-state index contributed by atoms with van der Waals surface area (Å²) in [6.07, 6.45) is 17.6. The van der Waals surface area contributed by atoms with Crippen LogP contribution in [-0.4, -0.2) is 60.4 Å². The van der Waals surface area contributed by atoms with E-state index in [1.54, 1.807) is 6.07 Å². The molecule has 2 saturated heterocycles. The fraction of sp³-hybridized carbons (Fsp3) is 0.632. The van der Waals surface area contributed by atoms with Crippen molar-refractivity contribution < 1.29 is 14.3 Å². The number of nitrogens with zero attached hydrogens (tertiary/aromatic N) is 5. The van der Waals surface area contributed by atoms with Gasteiger partial charge in [0.1, 0.15) is 17.5 Å². The molecule has 4 aliphatic carbocycles. The lowest BCUT2D eigenvalue weighted by Gasteiger charge is -2.71. The van der Waals surface area contributed by atoms with Crippen molar-refractivity contribution in [1.29, 1.82) is 0 Å². The molecule has 48 heavy (non-hydrogen) atoms. The molecule has 5 fully saturated rings. The Kier molecular flexibility index (Phi) is 8.30. The molecule has 2 aromatic heterocycles. The molecule has 3 saturated carbocycles. The first-order valence-corrected chi connectivity index (χ1v) is 18.4. The van der Waals surface area contributed by atoms with Crippen LogP contribution in [-0.2, 0) is 31.2 Å². The second-order valence-electron chi connectivity index (χ2n) is 15.7. The highest BCUT2D eigenvalue weighted by Crippen LogP contribution is 2.75. The summed E-state index contributed by atoms with van der Waals surface area (Å²) in [5.74, 6) is 1.04. The van der Waals surface area contributed by atoms with Gasteiger partial charge < -0.3 is 15.7 Å². The van der Waals surface area contributed by atoms with Crippen molar-refractivity contribution in [3.8, 4) is 0 Å². The Hall–Kier alpha value is -3.37. The topological polar surface area (TPSA) is 108 Å². The predicted octanol–water partition coefficient (Wildman–Crippen LogP) is 6.31. The third-order valence-corrected chi connectivity index (χ3v) is 12.7. The van der Waals surface area contributed by atoms with Gasteiger partial charge in [0.15, 0.2) is 0 Å². The van der Waals surface area contributed by atoms with Gasteiger partial charge in [0.25, 0.3) is 0 Å². The number of anilines is 1. The lowest BCUT2D eigenvalue weighted by Crippen LogP contribution is -2.71. The standard InChI is InChI=1S/C38H50FN7O2/c1-3-33(37-21-38(22-37,23-37)36(47)48)40-18-34-42-31-14-13-25(24-7-4-8-27(39)15-24)16-30(31)35(44-34)43-32(26-17-41-45(2)19-26)20-46-28-9-5-10-29(46)12-6-11-28/h4,7-8,15,17,19,25,28-29,32-33,40H,3,5-6,9-14,16,18,20-23H2,1-2H3,(H,47,48)(H,42,43,44)/t25-,28?,29?,32+,33-,37?,38?/m1/s1. The van der Waals surface area contributed by atoms with E-state index in [0.717, 1.165) is 85.5 Å². The minimum Gasteiger partial charge on any atom is -0.481 e. The molecule has 0 amide bonds. The van der Waals surface area contributed by atoms with Gasteiger partial charge in [-0.15, -0.1) is 0 Å². The SMILES string of the molecule is CC[C@@H](NCc1nc2c(c(N[C@@H](CN3C4CCCC3CCC4)c3cnn(C)c3)n1)C[C@H](c1cccc(F)c1)CC2)C12CC(C(=O)O)(C1)C2. The molecule has 256 valence electrons. The van der Waals surface area contributed by atoms with E-state index in [-0.39, 0.29) is 29.2 Å². The van der Waals surface area contributed by atoms with Crippen molar-refractivity contribution in [3.05, 3.63) is 70.7 Å². The highest BCUT2D eigenvalue weighted by Gasteiger charge is 2.73. The van der Waals surface area contributed by atoms with Crippen LogP contribution in [0.3, 0.4) is 0 Å². The third-order valence-electron chi connectivity index (χ3n) is 12.7. The van der Waals surface area contributed by atoms with Crippen LogP contribution in [0.5, 0.6) is 0 Å². The van der Waals surface area contributed by atoms with Gasteiger partial charge in [0, 0.05) is 54.7 Å². The maximum absolute atomic E-state index is 14.3. The molecule has 1 aromatic carbocycles. The molecule has 3 aromatic rings. The smallest absolute Gasteiger partial charge is 0.309 e. The van der Waals surface area contributed by atoms with Crippen LogP contribution in [0.1, 0.15) is 118 Å². The maximum Gasteiger partial charge on any atom is 0.309 e. The van der Waals surface area contributed by atoms with Gasteiger partial charge >= 0.3 is 5.97 Å². The van der Waals surface area contributed by atoms with Crippen LogP contribution in [0.25, 0.3) is 0 Å². The number of piperidine rings is 2. The van der Waals surface area contributed by atoms with E-state index in [4.69, 9.17) is 9.97 Å². The van der Waals surface area contributed by atoms with Gasteiger partial charge in [-0.1, -0.05) is 31.9 Å². The Morgan fingerprint density at radius 2 is 1.85 bits per heavy atom. The Labute approximate surface area is 283 Å². The first kappa shape index (κ1) is 31.9. The summed E-state index contributed by atoms with van der Waals surface area (Å²) in [6, 6.07) is 8.59. The van der Waals surface area contributed by atoms with Crippen molar-refractivity contribution in [2.75, 3.05) is 11.9 Å². The number of aromatic nitrogens is 4. The van der Waals surface area contributed by atoms with Crippen LogP contribution in [0, 0.1) is 16.6 Å². The molecule has 4 heterocycles. The normalized spacial score (nSPS) is 30.4. The fourth-order valence-electron chi connectivity index (χ4n) is 10.3. The number of halogens is 1. The molecule has 6 aliphatic rings. The van der Waals surface area contributed by atoms with Crippen LogP contribution in [0.4, 0.5) is 10.2 Å². The maximum atomic E-state index is 14.3. The molecule has 0 spiro atoms. The molecule has 0 radical (unpaired) electrons. The zero-order valence-electron chi connectivity index (χ0n) is 28.4. The average Bonchev–Trinajstić information content (AvgIpc) is 3.46. The highest BCUT2D eigenvalue weighted by atomic mass is 19.1. The van der Waals surface area contributed by atoms with E-state index in [2.05, 4.69) is 33.8 Å². The van der Waals surface area contributed by atoms with Gasteiger partial charge in [-0.25, -0.2) is 14.4 Å². The van der Waals surface area contributed by atoms with Gasteiger partial charge in [-0.3, -0.25) is 14.4 Å². The third kappa shape index (κ3) is 5.72. The largest absolute Gasteiger partial charge is 0.481 e. The van der Waals surface area contributed by atoms with E-state index in [0.29, 0.717) is 18.6 Å². The number of nitrogens with one attached hydrogen (secondary N) is 2. The number of carboxylic acids is 1. The number of fused-ring (bicyclic) bond motifs is 3. The van der Waals surface area contributed by atoms with E-state index in [9.17, 15) is 14.3 Å². The Bertz CT molecular complexity index is 1630. The fourth-order valence-corrected chi connectivity index (χ4v) is 10.3. The summed E-state index contributed by atoms with van der Waals surface area (Å²) in [6.45, 7) is 3.64. The second kappa shape index (κ2) is 12.5. The summed E-state index contributed by atoms with van der Waals surface area (Å²) in [4.78, 5) is 24.9.